The molecule has 0 heterocycles. The quantitative estimate of drug-likeness (QED) is 0.512. The predicted molar refractivity (Wildman–Crippen MR) is 80.0 cm³/mol. The smallest absolute Gasteiger partial charge is 0.431 e. The number of benzene rings is 4. The molecule has 0 spiro atoms. The Balaban J connectivity index is 2.23. The molecular weight excluding hydrogens is 250 g/mol. The molecule has 0 bridgehead atoms. The predicted octanol–water partition coefficient (Wildman–Crippen LogP) is 4.50. The van der Waals surface area contributed by atoms with E-state index in [2.05, 4.69) is 29.6 Å². The van der Waals surface area contributed by atoms with Crippen LogP contribution < -0.4 is 5.32 Å². The summed E-state index contributed by atoms with van der Waals surface area (Å²) in [5, 5.41) is 19.1. The van der Waals surface area contributed by atoms with Crippen molar-refractivity contribution in [3.63, 3.8) is 0 Å². The SMILES string of the molecule is O=C(O)[N]c1ccc2ccc3cccc4ccc1c2c34. The van der Waals surface area contributed by atoms with Crippen LogP contribution in [0.2, 0.25) is 0 Å². The van der Waals surface area contributed by atoms with Crippen molar-refractivity contribution in [2.24, 2.45) is 0 Å². The van der Waals surface area contributed by atoms with Crippen LogP contribution in [0.3, 0.4) is 0 Å². The Morgan fingerprint density at radius 3 is 2.10 bits per heavy atom. The van der Waals surface area contributed by atoms with Gasteiger partial charge in [0, 0.05) is 5.39 Å². The molecule has 4 rings (SSSR count). The van der Waals surface area contributed by atoms with Crippen LogP contribution >= 0.6 is 0 Å². The zero-order chi connectivity index (χ0) is 13.7. The standard InChI is InChI=1S/C17H10NO2/c19-17(20)18-14-9-7-12-5-4-10-2-1-3-11-6-8-13(14)16(12)15(10)11/h1-9H,(H,19,20). The number of hydrogen-bond acceptors (Lipinski definition) is 1. The summed E-state index contributed by atoms with van der Waals surface area (Å²) in [5.74, 6) is 0. The summed E-state index contributed by atoms with van der Waals surface area (Å²) in [6.07, 6.45) is -1.17. The lowest BCUT2D eigenvalue weighted by Gasteiger charge is -2.12. The second-order valence-corrected chi connectivity index (χ2v) is 4.84. The molecule has 0 aliphatic carbocycles. The summed E-state index contributed by atoms with van der Waals surface area (Å²) >= 11 is 0. The second-order valence-electron chi connectivity index (χ2n) is 4.84. The van der Waals surface area contributed by atoms with Crippen molar-refractivity contribution in [1.82, 2.24) is 5.32 Å². The molecule has 3 heteroatoms. The van der Waals surface area contributed by atoms with Gasteiger partial charge in [0.1, 0.15) is 0 Å². The number of rotatable bonds is 1. The van der Waals surface area contributed by atoms with Gasteiger partial charge in [-0.25, -0.2) is 4.79 Å². The van der Waals surface area contributed by atoms with E-state index in [4.69, 9.17) is 5.11 Å². The van der Waals surface area contributed by atoms with Gasteiger partial charge in [0.25, 0.3) is 0 Å². The molecule has 20 heavy (non-hydrogen) atoms. The van der Waals surface area contributed by atoms with Gasteiger partial charge in [-0.15, -0.1) is 0 Å². The first-order valence-electron chi connectivity index (χ1n) is 6.35. The lowest BCUT2D eigenvalue weighted by Crippen LogP contribution is -2.06. The van der Waals surface area contributed by atoms with Crippen molar-refractivity contribution in [2.45, 2.75) is 0 Å². The van der Waals surface area contributed by atoms with E-state index in [1.165, 1.54) is 5.39 Å². The first-order chi connectivity index (χ1) is 9.74. The fourth-order valence-electron chi connectivity index (χ4n) is 2.92. The number of hydrogen-bond donors (Lipinski definition) is 1. The molecule has 4 aromatic rings. The molecule has 3 nitrogen and oxygen atoms in total. The minimum Gasteiger partial charge on any atom is -0.463 e. The van der Waals surface area contributed by atoms with E-state index < -0.39 is 6.09 Å². The van der Waals surface area contributed by atoms with Crippen molar-refractivity contribution in [3.8, 4) is 0 Å². The van der Waals surface area contributed by atoms with Crippen molar-refractivity contribution >= 4 is 44.1 Å². The van der Waals surface area contributed by atoms with Crippen LogP contribution in [-0.2, 0) is 0 Å². The van der Waals surface area contributed by atoms with Gasteiger partial charge < -0.3 is 5.11 Å². The van der Waals surface area contributed by atoms with Crippen molar-refractivity contribution in [3.05, 3.63) is 54.6 Å². The van der Waals surface area contributed by atoms with Crippen molar-refractivity contribution < 1.29 is 9.90 Å². The normalized spacial score (nSPS) is 11.4. The third-order valence-electron chi connectivity index (χ3n) is 3.72. The molecule has 0 fully saturated rings. The number of amides is 1. The highest BCUT2D eigenvalue weighted by atomic mass is 16.4. The molecule has 0 aliphatic rings. The molecule has 0 aromatic heterocycles. The Labute approximate surface area is 114 Å². The lowest BCUT2D eigenvalue weighted by molar-refractivity contribution is 0.198. The monoisotopic (exact) mass is 260 g/mol. The van der Waals surface area contributed by atoms with E-state index in [-0.39, 0.29) is 0 Å². The van der Waals surface area contributed by atoms with Crippen LogP contribution in [0.15, 0.2) is 54.6 Å². The van der Waals surface area contributed by atoms with E-state index >= 15 is 0 Å². The minimum absolute atomic E-state index is 0.503. The summed E-state index contributed by atoms with van der Waals surface area (Å²) in [6.45, 7) is 0. The van der Waals surface area contributed by atoms with Crippen LogP contribution in [-0.4, -0.2) is 11.2 Å². The van der Waals surface area contributed by atoms with Crippen LogP contribution in [0.1, 0.15) is 0 Å². The van der Waals surface area contributed by atoms with Gasteiger partial charge in [0.2, 0.25) is 0 Å². The zero-order valence-corrected chi connectivity index (χ0v) is 10.5. The summed E-state index contributed by atoms with van der Waals surface area (Å²) in [5.41, 5.74) is 0.503. The second kappa shape index (κ2) is 3.84. The van der Waals surface area contributed by atoms with Crippen LogP contribution in [0.5, 0.6) is 0 Å². The Bertz CT molecular complexity index is 943. The van der Waals surface area contributed by atoms with E-state index in [9.17, 15) is 4.79 Å². The third-order valence-corrected chi connectivity index (χ3v) is 3.72. The Kier molecular flexibility index (Phi) is 2.12. The topological polar surface area (TPSA) is 51.4 Å². The Morgan fingerprint density at radius 2 is 1.40 bits per heavy atom. The molecule has 0 saturated carbocycles. The van der Waals surface area contributed by atoms with Gasteiger partial charge in [0.15, 0.2) is 0 Å². The Morgan fingerprint density at radius 1 is 0.800 bits per heavy atom. The first-order valence-corrected chi connectivity index (χ1v) is 6.35. The molecule has 4 aromatic carbocycles. The van der Waals surface area contributed by atoms with Gasteiger partial charge in [0.05, 0.1) is 5.69 Å². The van der Waals surface area contributed by atoms with Gasteiger partial charge in [-0.1, -0.05) is 48.5 Å². The van der Waals surface area contributed by atoms with E-state index in [0.29, 0.717) is 5.69 Å². The van der Waals surface area contributed by atoms with E-state index in [1.54, 1.807) is 6.07 Å². The lowest BCUT2D eigenvalue weighted by atomic mass is 9.93. The number of nitrogens with zero attached hydrogens (tertiary/aromatic N) is 1. The third kappa shape index (κ3) is 1.43. The summed E-state index contributed by atoms with van der Waals surface area (Å²) in [4.78, 5) is 10.9. The van der Waals surface area contributed by atoms with Crippen molar-refractivity contribution in [1.29, 1.82) is 0 Å². The molecule has 0 unspecified atom stereocenters. The van der Waals surface area contributed by atoms with Gasteiger partial charge >= 0.3 is 6.09 Å². The highest BCUT2D eigenvalue weighted by Crippen LogP contribution is 2.37. The summed E-state index contributed by atoms with van der Waals surface area (Å²) in [6, 6.07) is 18.0. The average molecular weight is 260 g/mol. The van der Waals surface area contributed by atoms with Crippen LogP contribution in [0.4, 0.5) is 10.5 Å². The molecule has 0 aliphatic heterocycles. The first kappa shape index (κ1) is 11.1. The summed E-state index contributed by atoms with van der Waals surface area (Å²) < 4.78 is 0. The zero-order valence-electron chi connectivity index (χ0n) is 10.5. The highest BCUT2D eigenvalue weighted by molar-refractivity contribution is 6.25. The largest absolute Gasteiger partial charge is 0.463 e. The molecule has 1 radical (unpaired) electrons. The van der Waals surface area contributed by atoms with E-state index in [0.717, 1.165) is 26.9 Å². The fraction of sp³-hybridized carbons (Fsp3) is 0. The average Bonchev–Trinajstić information content (AvgIpc) is 2.46. The Hall–Kier alpha value is -2.81. The molecule has 1 amide bonds. The molecule has 1 N–H and O–H groups in total. The maximum Gasteiger partial charge on any atom is 0.431 e. The highest BCUT2D eigenvalue weighted by Gasteiger charge is 2.12. The number of carboxylic acid groups (broad SMARTS) is 1. The molecule has 95 valence electrons. The van der Waals surface area contributed by atoms with Crippen LogP contribution in [0.25, 0.3) is 32.3 Å². The molecular formula is C17H10NO2. The van der Waals surface area contributed by atoms with Gasteiger partial charge in [-0.3, -0.25) is 0 Å². The summed E-state index contributed by atoms with van der Waals surface area (Å²) in [7, 11) is 0. The maximum absolute atomic E-state index is 10.9. The molecule has 0 saturated heterocycles. The van der Waals surface area contributed by atoms with Gasteiger partial charge in [-0.2, -0.15) is 5.32 Å². The van der Waals surface area contributed by atoms with Crippen molar-refractivity contribution in [2.75, 3.05) is 0 Å². The number of carbonyl (C=O) groups is 1. The van der Waals surface area contributed by atoms with E-state index in [1.807, 2.05) is 24.3 Å². The minimum atomic E-state index is -1.17. The fourth-order valence-corrected chi connectivity index (χ4v) is 2.92. The van der Waals surface area contributed by atoms with Crippen LogP contribution in [0, 0.1) is 0 Å². The molecule has 0 atom stereocenters. The maximum atomic E-state index is 10.9. The van der Waals surface area contributed by atoms with Gasteiger partial charge in [-0.05, 0) is 33.0 Å².